The Morgan fingerprint density at radius 2 is 1.83 bits per heavy atom. The van der Waals surface area contributed by atoms with E-state index in [0.29, 0.717) is 12.6 Å². The van der Waals surface area contributed by atoms with Gasteiger partial charge in [-0.25, -0.2) is 0 Å². The number of rotatable bonds is 5. The van der Waals surface area contributed by atoms with E-state index in [1.54, 1.807) is 0 Å². The molecule has 2 N–H and O–H groups in total. The van der Waals surface area contributed by atoms with Crippen LogP contribution in [0.25, 0.3) is 0 Å². The molecule has 0 aliphatic carbocycles. The lowest BCUT2D eigenvalue weighted by atomic mass is 9.77. The van der Waals surface area contributed by atoms with Crippen LogP contribution >= 0.6 is 0 Å². The lowest BCUT2D eigenvalue weighted by Gasteiger charge is -2.48. The predicted molar refractivity (Wildman–Crippen MR) is 77.8 cm³/mol. The van der Waals surface area contributed by atoms with Gasteiger partial charge in [0.05, 0.1) is 16.7 Å². The van der Waals surface area contributed by atoms with Crippen molar-refractivity contribution in [2.75, 3.05) is 13.6 Å². The zero-order valence-electron chi connectivity index (χ0n) is 13.3. The van der Waals surface area contributed by atoms with Gasteiger partial charge in [0.15, 0.2) is 0 Å². The highest BCUT2D eigenvalue weighted by Gasteiger charge is 2.58. The Balaban J connectivity index is 3.05. The molecule has 0 bridgehead atoms. The second kappa shape index (κ2) is 5.10. The SMILES string of the molecule is CCCC(C)N(C)C1(CN)CC(C)(C)OC1(C)C. The Hall–Kier alpha value is -0.120. The third-order valence-electron chi connectivity index (χ3n) is 4.75. The molecule has 0 amide bonds. The molecule has 1 aliphatic heterocycles. The maximum atomic E-state index is 6.27. The van der Waals surface area contributed by atoms with Gasteiger partial charge in [0.25, 0.3) is 0 Å². The van der Waals surface area contributed by atoms with Crippen LogP contribution in [0.5, 0.6) is 0 Å². The monoisotopic (exact) mass is 256 g/mol. The first-order valence-corrected chi connectivity index (χ1v) is 7.25. The summed E-state index contributed by atoms with van der Waals surface area (Å²) in [6.07, 6.45) is 3.40. The van der Waals surface area contributed by atoms with Gasteiger partial charge in [0.2, 0.25) is 0 Å². The minimum absolute atomic E-state index is 0.0644. The minimum Gasteiger partial charge on any atom is -0.368 e. The second-order valence-electron chi connectivity index (χ2n) is 7.03. The number of likely N-dealkylation sites (N-methyl/N-ethyl adjacent to an activating group) is 1. The molecular formula is C15H32N2O. The van der Waals surface area contributed by atoms with Gasteiger partial charge in [-0.05, 0) is 54.5 Å². The van der Waals surface area contributed by atoms with Crippen molar-refractivity contribution in [2.24, 2.45) is 5.73 Å². The summed E-state index contributed by atoms with van der Waals surface area (Å²) in [6, 6.07) is 0.537. The van der Waals surface area contributed by atoms with Gasteiger partial charge in [-0.1, -0.05) is 13.3 Å². The molecule has 1 heterocycles. The molecule has 0 aromatic carbocycles. The molecule has 0 saturated carbocycles. The second-order valence-corrected chi connectivity index (χ2v) is 7.03. The highest BCUT2D eigenvalue weighted by atomic mass is 16.5. The van der Waals surface area contributed by atoms with Crippen LogP contribution in [-0.2, 0) is 4.74 Å². The summed E-state index contributed by atoms with van der Waals surface area (Å²) in [4.78, 5) is 2.46. The Morgan fingerprint density at radius 3 is 2.17 bits per heavy atom. The van der Waals surface area contributed by atoms with Gasteiger partial charge in [-0.15, -0.1) is 0 Å². The first kappa shape index (κ1) is 15.9. The normalized spacial score (nSPS) is 31.8. The summed E-state index contributed by atoms with van der Waals surface area (Å²) in [5.41, 5.74) is 5.81. The van der Waals surface area contributed by atoms with E-state index >= 15 is 0 Å². The maximum absolute atomic E-state index is 6.27. The third kappa shape index (κ3) is 2.59. The fourth-order valence-electron chi connectivity index (χ4n) is 3.78. The van der Waals surface area contributed by atoms with Crippen molar-refractivity contribution in [3.8, 4) is 0 Å². The molecule has 1 rings (SSSR count). The van der Waals surface area contributed by atoms with E-state index in [-0.39, 0.29) is 16.7 Å². The van der Waals surface area contributed by atoms with Crippen molar-refractivity contribution in [1.29, 1.82) is 0 Å². The molecule has 2 unspecified atom stereocenters. The van der Waals surface area contributed by atoms with Crippen LogP contribution in [0.2, 0.25) is 0 Å². The fourth-order valence-corrected chi connectivity index (χ4v) is 3.78. The smallest absolute Gasteiger partial charge is 0.0830 e. The lowest BCUT2D eigenvalue weighted by Crippen LogP contribution is -2.64. The van der Waals surface area contributed by atoms with Crippen LogP contribution in [-0.4, -0.2) is 41.3 Å². The number of nitrogens with zero attached hydrogens (tertiary/aromatic N) is 1. The molecule has 1 saturated heterocycles. The van der Waals surface area contributed by atoms with E-state index in [1.165, 1.54) is 12.8 Å². The van der Waals surface area contributed by atoms with Crippen molar-refractivity contribution < 1.29 is 4.74 Å². The summed E-state index contributed by atoms with van der Waals surface area (Å²) in [5, 5.41) is 0. The summed E-state index contributed by atoms with van der Waals surface area (Å²) in [7, 11) is 2.21. The van der Waals surface area contributed by atoms with E-state index in [9.17, 15) is 0 Å². The topological polar surface area (TPSA) is 38.5 Å². The largest absolute Gasteiger partial charge is 0.368 e. The zero-order valence-corrected chi connectivity index (χ0v) is 13.3. The molecule has 0 radical (unpaired) electrons. The Labute approximate surface area is 113 Å². The highest BCUT2D eigenvalue weighted by molar-refractivity contribution is 5.13. The average molecular weight is 256 g/mol. The van der Waals surface area contributed by atoms with E-state index in [4.69, 9.17) is 10.5 Å². The quantitative estimate of drug-likeness (QED) is 0.822. The Bertz CT molecular complexity index is 288. The standard InChI is InChI=1S/C15H32N2O/c1-8-9-12(2)17(7)15(11-16)10-13(3,4)18-14(15,5)6/h12H,8-11,16H2,1-7H3. The Morgan fingerprint density at radius 1 is 1.28 bits per heavy atom. The number of hydrogen-bond donors (Lipinski definition) is 1. The Kier molecular flexibility index (Phi) is 4.52. The molecule has 2 atom stereocenters. The lowest BCUT2D eigenvalue weighted by molar-refractivity contribution is -0.105. The molecule has 3 heteroatoms. The van der Waals surface area contributed by atoms with Crippen LogP contribution in [0.15, 0.2) is 0 Å². The van der Waals surface area contributed by atoms with Gasteiger partial charge in [-0.3, -0.25) is 4.90 Å². The van der Waals surface area contributed by atoms with E-state index in [2.05, 4.69) is 53.5 Å². The minimum atomic E-state index is -0.206. The maximum Gasteiger partial charge on any atom is 0.0830 e. The molecule has 3 nitrogen and oxygen atoms in total. The van der Waals surface area contributed by atoms with Crippen molar-refractivity contribution in [1.82, 2.24) is 4.90 Å². The molecule has 1 aliphatic rings. The van der Waals surface area contributed by atoms with Crippen LogP contribution in [0.1, 0.15) is 60.8 Å². The molecule has 1 fully saturated rings. The highest BCUT2D eigenvalue weighted by Crippen LogP contribution is 2.48. The van der Waals surface area contributed by atoms with Gasteiger partial charge in [0, 0.05) is 12.6 Å². The first-order chi connectivity index (χ1) is 8.12. The van der Waals surface area contributed by atoms with Crippen molar-refractivity contribution in [2.45, 2.75) is 83.6 Å². The van der Waals surface area contributed by atoms with Crippen LogP contribution in [0.4, 0.5) is 0 Å². The van der Waals surface area contributed by atoms with Crippen molar-refractivity contribution in [3.05, 3.63) is 0 Å². The van der Waals surface area contributed by atoms with Crippen LogP contribution in [0.3, 0.4) is 0 Å². The van der Waals surface area contributed by atoms with Crippen LogP contribution < -0.4 is 5.73 Å². The summed E-state index contributed by atoms with van der Waals surface area (Å²) in [6.45, 7) is 13.9. The summed E-state index contributed by atoms with van der Waals surface area (Å²) in [5.74, 6) is 0. The third-order valence-corrected chi connectivity index (χ3v) is 4.75. The first-order valence-electron chi connectivity index (χ1n) is 7.25. The number of hydrogen-bond acceptors (Lipinski definition) is 3. The fraction of sp³-hybridized carbons (Fsp3) is 1.00. The predicted octanol–water partition coefficient (Wildman–Crippen LogP) is 2.78. The molecule has 0 spiro atoms. The summed E-state index contributed by atoms with van der Waals surface area (Å²) >= 11 is 0. The van der Waals surface area contributed by atoms with E-state index < -0.39 is 0 Å². The number of nitrogens with two attached hydrogens (primary N) is 1. The van der Waals surface area contributed by atoms with Crippen molar-refractivity contribution in [3.63, 3.8) is 0 Å². The molecule has 18 heavy (non-hydrogen) atoms. The van der Waals surface area contributed by atoms with Gasteiger partial charge in [-0.2, -0.15) is 0 Å². The van der Waals surface area contributed by atoms with Crippen molar-refractivity contribution >= 4 is 0 Å². The van der Waals surface area contributed by atoms with Gasteiger partial charge in [0.1, 0.15) is 0 Å². The van der Waals surface area contributed by atoms with Crippen LogP contribution in [0, 0.1) is 0 Å². The van der Waals surface area contributed by atoms with Gasteiger partial charge >= 0.3 is 0 Å². The molecular weight excluding hydrogens is 224 g/mol. The number of ether oxygens (including phenoxy) is 1. The zero-order chi connectivity index (χ0) is 14.2. The van der Waals surface area contributed by atoms with E-state index in [0.717, 1.165) is 6.42 Å². The van der Waals surface area contributed by atoms with E-state index in [1.807, 2.05) is 0 Å². The molecule has 0 aromatic heterocycles. The summed E-state index contributed by atoms with van der Waals surface area (Å²) < 4.78 is 6.27. The molecule has 108 valence electrons. The molecule has 0 aromatic rings. The van der Waals surface area contributed by atoms with Gasteiger partial charge < -0.3 is 10.5 Å². The average Bonchev–Trinajstić information content (AvgIpc) is 2.42.